The van der Waals surface area contributed by atoms with Gasteiger partial charge in [-0.15, -0.1) is 0 Å². The van der Waals surface area contributed by atoms with E-state index in [1.807, 2.05) is 13.2 Å². The Kier molecular flexibility index (Phi) is 4.66. The Morgan fingerprint density at radius 3 is 2.87 bits per heavy atom. The summed E-state index contributed by atoms with van der Waals surface area (Å²) in [7, 11) is 1.85. The van der Waals surface area contributed by atoms with Gasteiger partial charge in [0.2, 0.25) is 5.91 Å². The van der Waals surface area contributed by atoms with Crippen LogP contribution in [0.4, 0.5) is 0 Å². The van der Waals surface area contributed by atoms with Crippen LogP contribution in [-0.2, 0) is 18.3 Å². The number of rotatable bonds is 6. The first-order valence-corrected chi connectivity index (χ1v) is 7.82. The first kappa shape index (κ1) is 15.6. The van der Waals surface area contributed by atoms with Gasteiger partial charge < -0.3 is 10.4 Å². The van der Waals surface area contributed by atoms with Gasteiger partial charge in [0.15, 0.2) is 0 Å². The molecular formula is C16H21N5O2. The molecule has 0 saturated heterocycles. The van der Waals surface area contributed by atoms with Gasteiger partial charge in [-0.1, -0.05) is 0 Å². The van der Waals surface area contributed by atoms with E-state index in [4.69, 9.17) is 0 Å². The summed E-state index contributed by atoms with van der Waals surface area (Å²) in [5.74, 6) is 0.237. The molecule has 2 heterocycles. The number of nitrogens with one attached hydrogen (secondary N) is 1. The predicted molar refractivity (Wildman–Crippen MR) is 83.2 cm³/mol. The topological polar surface area (TPSA) is 92.9 Å². The van der Waals surface area contributed by atoms with Gasteiger partial charge in [-0.3, -0.25) is 19.4 Å². The Morgan fingerprint density at radius 2 is 2.26 bits per heavy atom. The van der Waals surface area contributed by atoms with Crippen molar-refractivity contribution in [3.05, 3.63) is 42.2 Å². The fourth-order valence-corrected chi connectivity index (χ4v) is 2.92. The Bertz CT molecular complexity index is 652. The highest BCUT2D eigenvalue weighted by Gasteiger charge is 2.36. The van der Waals surface area contributed by atoms with Crippen LogP contribution in [0.15, 0.2) is 31.0 Å². The molecule has 23 heavy (non-hydrogen) atoms. The largest absolute Gasteiger partial charge is 0.393 e. The zero-order chi connectivity index (χ0) is 16.2. The number of amides is 1. The molecule has 1 aliphatic carbocycles. The van der Waals surface area contributed by atoms with Crippen LogP contribution in [-0.4, -0.2) is 36.9 Å². The maximum Gasteiger partial charge on any atom is 0.220 e. The molecule has 0 spiro atoms. The smallest absolute Gasteiger partial charge is 0.220 e. The molecule has 0 aliphatic heterocycles. The minimum Gasteiger partial charge on any atom is -0.393 e. The van der Waals surface area contributed by atoms with Crippen molar-refractivity contribution in [3.63, 3.8) is 0 Å². The van der Waals surface area contributed by atoms with E-state index in [1.165, 1.54) is 0 Å². The number of carbonyl (C=O) groups excluding carboxylic acids is 1. The second kappa shape index (κ2) is 6.87. The first-order valence-electron chi connectivity index (χ1n) is 7.82. The molecule has 0 unspecified atom stereocenters. The lowest BCUT2D eigenvalue weighted by atomic mass is 9.75. The number of nitrogens with zero attached hydrogens (tertiary/aromatic N) is 4. The third-order valence-electron chi connectivity index (χ3n) is 4.25. The number of hydrogen-bond donors (Lipinski definition) is 2. The molecule has 1 saturated carbocycles. The van der Waals surface area contributed by atoms with Crippen molar-refractivity contribution in [2.75, 3.05) is 0 Å². The first-order chi connectivity index (χ1) is 11.1. The van der Waals surface area contributed by atoms with Gasteiger partial charge in [0, 0.05) is 43.8 Å². The zero-order valence-electron chi connectivity index (χ0n) is 13.1. The van der Waals surface area contributed by atoms with Crippen molar-refractivity contribution < 1.29 is 9.90 Å². The van der Waals surface area contributed by atoms with E-state index in [0.29, 0.717) is 25.7 Å². The second-order valence-electron chi connectivity index (χ2n) is 6.07. The Balaban J connectivity index is 1.60. The van der Waals surface area contributed by atoms with Crippen LogP contribution >= 0.6 is 0 Å². The quantitative estimate of drug-likeness (QED) is 0.821. The van der Waals surface area contributed by atoms with E-state index in [9.17, 15) is 9.90 Å². The second-order valence-corrected chi connectivity index (χ2v) is 6.07. The van der Waals surface area contributed by atoms with Gasteiger partial charge >= 0.3 is 0 Å². The highest BCUT2D eigenvalue weighted by Crippen LogP contribution is 2.37. The summed E-state index contributed by atoms with van der Waals surface area (Å²) >= 11 is 0. The molecule has 7 nitrogen and oxygen atoms in total. The van der Waals surface area contributed by atoms with Crippen molar-refractivity contribution in [1.82, 2.24) is 25.1 Å². The molecule has 0 aromatic carbocycles. The summed E-state index contributed by atoms with van der Waals surface area (Å²) in [6, 6.07) is -0.0959. The van der Waals surface area contributed by atoms with Crippen LogP contribution in [0, 0.1) is 5.92 Å². The lowest BCUT2D eigenvalue weighted by Crippen LogP contribution is -2.41. The third kappa shape index (κ3) is 3.92. The Hall–Kier alpha value is -2.28. The van der Waals surface area contributed by atoms with Crippen molar-refractivity contribution in [3.8, 4) is 0 Å². The monoisotopic (exact) mass is 315 g/mol. The van der Waals surface area contributed by atoms with Crippen LogP contribution in [0.2, 0.25) is 0 Å². The van der Waals surface area contributed by atoms with Crippen LogP contribution in [0.3, 0.4) is 0 Å². The summed E-state index contributed by atoms with van der Waals surface area (Å²) in [5, 5.41) is 16.8. The highest BCUT2D eigenvalue weighted by molar-refractivity contribution is 5.76. The summed E-state index contributed by atoms with van der Waals surface area (Å²) in [5.41, 5.74) is 1.79. The fraction of sp³-hybridized carbons (Fsp3) is 0.500. The van der Waals surface area contributed by atoms with Gasteiger partial charge in [-0.05, 0) is 25.2 Å². The fourth-order valence-electron chi connectivity index (χ4n) is 2.92. The number of aliphatic hydroxyl groups is 1. The molecule has 122 valence electrons. The number of carbonyl (C=O) groups is 1. The van der Waals surface area contributed by atoms with Crippen molar-refractivity contribution >= 4 is 5.91 Å². The van der Waals surface area contributed by atoms with Gasteiger partial charge in [0.05, 0.1) is 24.0 Å². The molecule has 0 bridgehead atoms. The number of aryl methyl sites for hydroxylation is 2. The third-order valence-corrected chi connectivity index (χ3v) is 4.25. The molecule has 1 aliphatic rings. The average Bonchev–Trinajstić information content (AvgIpc) is 2.95. The zero-order valence-corrected chi connectivity index (χ0v) is 13.1. The molecule has 0 radical (unpaired) electrons. The lowest BCUT2D eigenvalue weighted by Gasteiger charge is -2.37. The van der Waals surface area contributed by atoms with Crippen LogP contribution in [0.5, 0.6) is 0 Å². The summed E-state index contributed by atoms with van der Waals surface area (Å²) < 4.78 is 1.73. The SMILES string of the molecule is Cn1cc([C@H](NC(=O)CCc2cnccn2)C2CC(O)C2)cn1. The maximum absolute atomic E-state index is 12.3. The maximum atomic E-state index is 12.3. The standard InChI is InChI=1S/C16H21N5O2/c1-21-10-12(8-19-21)16(11-6-14(22)7-11)20-15(23)3-2-13-9-17-4-5-18-13/h4-5,8-11,14,16,22H,2-3,6-7H2,1H3,(H,20,23)/t11?,14?,16-/m1/s1. The molecule has 1 fully saturated rings. The average molecular weight is 315 g/mol. The molecule has 7 heteroatoms. The molecule has 2 N–H and O–H groups in total. The summed E-state index contributed by atoms with van der Waals surface area (Å²) in [6.07, 6.45) is 10.7. The van der Waals surface area contributed by atoms with E-state index in [-0.39, 0.29) is 24.0 Å². The minimum atomic E-state index is -0.254. The van der Waals surface area contributed by atoms with Crippen LogP contribution in [0.25, 0.3) is 0 Å². The summed E-state index contributed by atoms with van der Waals surface area (Å²) in [4.78, 5) is 20.5. The van der Waals surface area contributed by atoms with Gasteiger partial charge in [-0.25, -0.2) is 0 Å². The summed E-state index contributed by atoms with van der Waals surface area (Å²) in [6.45, 7) is 0. The van der Waals surface area contributed by atoms with Crippen LogP contribution in [0.1, 0.15) is 36.6 Å². The van der Waals surface area contributed by atoms with E-state index in [1.54, 1.807) is 29.5 Å². The molecule has 2 aromatic rings. The molecular weight excluding hydrogens is 294 g/mol. The van der Waals surface area contributed by atoms with E-state index >= 15 is 0 Å². The van der Waals surface area contributed by atoms with Crippen molar-refractivity contribution in [1.29, 1.82) is 0 Å². The Morgan fingerprint density at radius 1 is 1.43 bits per heavy atom. The van der Waals surface area contributed by atoms with E-state index in [2.05, 4.69) is 20.4 Å². The Labute approximate surface area is 134 Å². The lowest BCUT2D eigenvalue weighted by molar-refractivity contribution is -0.123. The highest BCUT2D eigenvalue weighted by atomic mass is 16.3. The van der Waals surface area contributed by atoms with Crippen molar-refractivity contribution in [2.45, 2.75) is 37.8 Å². The molecule has 3 rings (SSSR count). The molecule has 1 amide bonds. The van der Waals surface area contributed by atoms with Crippen LogP contribution < -0.4 is 5.32 Å². The number of hydrogen-bond acceptors (Lipinski definition) is 5. The number of aliphatic hydroxyl groups excluding tert-OH is 1. The predicted octanol–water partition coefficient (Wildman–Crippen LogP) is 0.771. The van der Waals surface area contributed by atoms with Gasteiger partial charge in [-0.2, -0.15) is 5.10 Å². The number of aromatic nitrogens is 4. The van der Waals surface area contributed by atoms with Gasteiger partial charge in [0.1, 0.15) is 0 Å². The molecule has 1 atom stereocenters. The minimum absolute atomic E-state index is 0.0223. The normalized spacial score (nSPS) is 21.5. The van der Waals surface area contributed by atoms with Crippen molar-refractivity contribution in [2.24, 2.45) is 13.0 Å². The molecule has 2 aromatic heterocycles. The van der Waals surface area contributed by atoms with Gasteiger partial charge in [0.25, 0.3) is 0 Å². The van der Waals surface area contributed by atoms with E-state index < -0.39 is 0 Å². The van der Waals surface area contributed by atoms with E-state index in [0.717, 1.165) is 11.3 Å².